The molecule has 0 saturated heterocycles. The van der Waals surface area contributed by atoms with Crippen molar-refractivity contribution in [2.75, 3.05) is 26.2 Å². The molecule has 0 radical (unpaired) electrons. The highest BCUT2D eigenvalue weighted by Gasteiger charge is 2.25. The molecule has 2 heteroatoms. The van der Waals surface area contributed by atoms with Crippen molar-refractivity contribution >= 4 is 0 Å². The Hall–Kier alpha value is -0.860. The first kappa shape index (κ1) is 32.1. The van der Waals surface area contributed by atoms with Gasteiger partial charge < -0.3 is 10.2 Å². The standard InChI is InChI=1S/C24H52N.C7H9N/c1-5-9-13-17-21-25(22-18-14-10-6-2,23-19-15-11-7-3)24-20-16-12-8-4;8-6-7-4-2-1-3-5-7/h5-24H2,1-4H3;1-5H,6,8H2/q+1;. The summed E-state index contributed by atoms with van der Waals surface area (Å²) in [5, 5.41) is 0. The summed E-state index contributed by atoms with van der Waals surface area (Å²) in [6.45, 7) is 15.8. The van der Waals surface area contributed by atoms with Gasteiger partial charge in [-0.1, -0.05) is 109 Å². The SMILES string of the molecule is CCCCCC[N+](CCCCCC)(CCCCCC)CCCCCC.NCc1ccccc1. The molecular weight excluding hydrogens is 400 g/mol. The van der Waals surface area contributed by atoms with E-state index in [1.165, 1.54) is 139 Å². The lowest BCUT2D eigenvalue weighted by Gasteiger charge is -2.39. The minimum Gasteiger partial charge on any atom is -0.326 e. The van der Waals surface area contributed by atoms with E-state index in [1.54, 1.807) is 0 Å². The molecule has 0 saturated carbocycles. The zero-order valence-electron chi connectivity index (χ0n) is 23.3. The highest BCUT2D eigenvalue weighted by molar-refractivity contribution is 5.13. The van der Waals surface area contributed by atoms with E-state index < -0.39 is 0 Å². The van der Waals surface area contributed by atoms with Crippen LogP contribution in [-0.4, -0.2) is 30.7 Å². The second-order valence-corrected chi connectivity index (χ2v) is 10.2. The first-order chi connectivity index (χ1) is 16.2. The van der Waals surface area contributed by atoms with Crippen molar-refractivity contribution < 1.29 is 4.48 Å². The lowest BCUT2D eigenvalue weighted by atomic mass is 10.1. The van der Waals surface area contributed by atoms with Crippen LogP contribution in [0, 0.1) is 0 Å². The van der Waals surface area contributed by atoms with Crippen molar-refractivity contribution in [2.45, 2.75) is 137 Å². The largest absolute Gasteiger partial charge is 0.326 e. The maximum atomic E-state index is 5.35. The molecule has 0 heterocycles. The summed E-state index contributed by atoms with van der Waals surface area (Å²) in [6.07, 6.45) is 22.8. The van der Waals surface area contributed by atoms with Gasteiger partial charge in [0.2, 0.25) is 0 Å². The van der Waals surface area contributed by atoms with Crippen molar-refractivity contribution in [2.24, 2.45) is 5.73 Å². The molecule has 0 unspecified atom stereocenters. The summed E-state index contributed by atoms with van der Waals surface area (Å²) >= 11 is 0. The molecule has 0 atom stereocenters. The van der Waals surface area contributed by atoms with E-state index >= 15 is 0 Å². The molecule has 0 bridgehead atoms. The van der Waals surface area contributed by atoms with Crippen LogP contribution in [0.5, 0.6) is 0 Å². The molecule has 0 aromatic heterocycles. The Morgan fingerprint density at radius 3 is 1.06 bits per heavy atom. The summed E-state index contributed by atoms with van der Waals surface area (Å²) in [5.41, 5.74) is 6.54. The van der Waals surface area contributed by atoms with Gasteiger partial charge in [0.25, 0.3) is 0 Å². The fraction of sp³-hybridized carbons (Fsp3) is 0.806. The van der Waals surface area contributed by atoms with Crippen LogP contribution in [0.2, 0.25) is 0 Å². The Morgan fingerprint density at radius 2 is 0.818 bits per heavy atom. The Morgan fingerprint density at radius 1 is 0.485 bits per heavy atom. The number of benzene rings is 1. The predicted molar refractivity (Wildman–Crippen MR) is 151 cm³/mol. The van der Waals surface area contributed by atoms with Gasteiger partial charge in [0, 0.05) is 6.54 Å². The van der Waals surface area contributed by atoms with Crippen molar-refractivity contribution in [3.05, 3.63) is 35.9 Å². The molecule has 194 valence electrons. The number of nitrogens with zero attached hydrogens (tertiary/aromatic N) is 1. The van der Waals surface area contributed by atoms with Crippen LogP contribution in [0.25, 0.3) is 0 Å². The summed E-state index contributed by atoms with van der Waals surface area (Å²) in [7, 11) is 0. The van der Waals surface area contributed by atoms with Crippen LogP contribution in [0.3, 0.4) is 0 Å². The van der Waals surface area contributed by atoms with Crippen molar-refractivity contribution in [1.82, 2.24) is 0 Å². The molecule has 0 aliphatic heterocycles. The number of hydrogen-bond acceptors (Lipinski definition) is 1. The molecule has 0 fully saturated rings. The quantitative estimate of drug-likeness (QED) is 0.143. The molecule has 0 spiro atoms. The van der Waals surface area contributed by atoms with E-state index in [9.17, 15) is 0 Å². The summed E-state index contributed by atoms with van der Waals surface area (Å²) in [5.74, 6) is 0. The van der Waals surface area contributed by atoms with Crippen LogP contribution in [0.1, 0.15) is 136 Å². The molecule has 33 heavy (non-hydrogen) atoms. The molecule has 2 N–H and O–H groups in total. The zero-order chi connectivity index (χ0) is 24.5. The molecule has 2 nitrogen and oxygen atoms in total. The van der Waals surface area contributed by atoms with Crippen LogP contribution < -0.4 is 5.73 Å². The minimum atomic E-state index is 0.640. The first-order valence-corrected chi connectivity index (χ1v) is 14.8. The van der Waals surface area contributed by atoms with Crippen LogP contribution in [-0.2, 0) is 6.54 Å². The van der Waals surface area contributed by atoms with Gasteiger partial charge in [0.05, 0.1) is 26.2 Å². The number of quaternary nitrogens is 1. The fourth-order valence-electron chi connectivity index (χ4n) is 4.78. The van der Waals surface area contributed by atoms with Crippen LogP contribution in [0.15, 0.2) is 30.3 Å². The van der Waals surface area contributed by atoms with Gasteiger partial charge in [0.15, 0.2) is 0 Å². The average molecular weight is 462 g/mol. The highest BCUT2D eigenvalue weighted by Crippen LogP contribution is 2.19. The number of unbranched alkanes of at least 4 members (excludes halogenated alkanes) is 12. The molecule has 1 aromatic carbocycles. The zero-order valence-corrected chi connectivity index (χ0v) is 23.3. The monoisotopic (exact) mass is 461 g/mol. The normalized spacial score (nSPS) is 11.3. The van der Waals surface area contributed by atoms with Crippen molar-refractivity contribution in [3.8, 4) is 0 Å². The van der Waals surface area contributed by atoms with Gasteiger partial charge >= 0.3 is 0 Å². The van der Waals surface area contributed by atoms with Gasteiger partial charge in [-0.2, -0.15) is 0 Å². The summed E-state index contributed by atoms with van der Waals surface area (Å²) in [4.78, 5) is 0. The Labute approximate surface area is 209 Å². The highest BCUT2D eigenvalue weighted by atomic mass is 15.3. The number of hydrogen-bond donors (Lipinski definition) is 1. The second kappa shape index (κ2) is 24.3. The molecule has 0 amide bonds. The van der Waals surface area contributed by atoms with Gasteiger partial charge in [0.1, 0.15) is 0 Å². The fourth-order valence-corrected chi connectivity index (χ4v) is 4.78. The molecular formula is C31H61N2+. The van der Waals surface area contributed by atoms with Crippen molar-refractivity contribution in [3.63, 3.8) is 0 Å². The summed E-state index contributed by atoms with van der Waals surface area (Å²) in [6, 6.07) is 9.99. The van der Waals surface area contributed by atoms with Gasteiger partial charge in [-0.3, -0.25) is 0 Å². The van der Waals surface area contributed by atoms with E-state index in [0.29, 0.717) is 6.54 Å². The van der Waals surface area contributed by atoms with Crippen molar-refractivity contribution in [1.29, 1.82) is 0 Å². The maximum absolute atomic E-state index is 5.35. The van der Waals surface area contributed by atoms with Gasteiger partial charge in [-0.25, -0.2) is 0 Å². The third-order valence-corrected chi connectivity index (χ3v) is 7.02. The average Bonchev–Trinajstić information content (AvgIpc) is 2.86. The maximum Gasteiger partial charge on any atom is 0.0786 e. The Kier molecular flexibility index (Phi) is 23.6. The smallest absolute Gasteiger partial charge is 0.0786 e. The Balaban J connectivity index is 0.00000106. The molecule has 0 aliphatic carbocycles. The molecule has 0 aliphatic rings. The van der Waals surface area contributed by atoms with Crippen LogP contribution >= 0.6 is 0 Å². The second-order valence-electron chi connectivity index (χ2n) is 10.2. The lowest BCUT2D eigenvalue weighted by molar-refractivity contribution is -0.929. The lowest BCUT2D eigenvalue weighted by Crippen LogP contribution is -2.50. The third-order valence-electron chi connectivity index (χ3n) is 7.02. The summed E-state index contributed by atoms with van der Waals surface area (Å²) < 4.78 is 1.46. The predicted octanol–water partition coefficient (Wildman–Crippen LogP) is 9.27. The van der Waals surface area contributed by atoms with E-state index in [4.69, 9.17) is 5.73 Å². The topological polar surface area (TPSA) is 26.0 Å². The van der Waals surface area contributed by atoms with Gasteiger partial charge in [-0.15, -0.1) is 0 Å². The van der Waals surface area contributed by atoms with E-state index in [-0.39, 0.29) is 0 Å². The molecule has 1 rings (SSSR count). The van der Waals surface area contributed by atoms with E-state index in [0.717, 1.165) is 0 Å². The minimum absolute atomic E-state index is 0.640. The third kappa shape index (κ3) is 19.2. The van der Waals surface area contributed by atoms with Gasteiger partial charge in [-0.05, 0) is 56.9 Å². The number of nitrogens with two attached hydrogens (primary N) is 1. The van der Waals surface area contributed by atoms with E-state index in [1.807, 2.05) is 30.3 Å². The van der Waals surface area contributed by atoms with E-state index in [2.05, 4.69) is 27.7 Å². The Bertz CT molecular complexity index is 431. The van der Waals surface area contributed by atoms with Crippen LogP contribution in [0.4, 0.5) is 0 Å². The number of rotatable bonds is 21. The first-order valence-electron chi connectivity index (χ1n) is 14.8. The molecule has 1 aromatic rings.